The van der Waals surface area contributed by atoms with Crippen molar-refractivity contribution in [1.29, 1.82) is 0 Å². The monoisotopic (exact) mass is 360 g/mol. The highest BCUT2D eigenvalue weighted by Gasteiger charge is 2.10. The van der Waals surface area contributed by atoms with Crippen LogP contribution in [0.4, 0.5) is 0 Å². The summed E-state index contributed by atoms with van der Waals surface area (Å²) in [5, 5.41) is 11.1. The molecule has 3 aromatic heterocycles. The number of aromatic nitrogens is 7. The molecule has 9 nitrogen and oxygen atoms in total. The quantitative estimate of drug-likeness (QED) is 0.555. The summed E-state index contributed by atoms with van der Waals surface area (Å²) in [6.45, 7) is 0.946. The number of rotatable bonds is 6. The maximum Gasteiger partial charge on any atom is 0.251 e. The highest BCUT2D eigenvalue weighted by atomic mass is 16.1. The van der Waals surface area contributed by atoms with Crippen LogP contribution in [0.2, 0.25) is 0 Å². The molecule has 4 aromatic rings. The molecule has 9 heteroatoms. The molecule has 4 rings (SSSR count). The van der Waals surface area contributed by atoms with E-state index in [2.05, 4.69) is 30.5 Å². The summed E-state index contributed by atoms with van der Waals surface area (Å²) in [7, 11) is 0. The standard InChI is InChI=1S/C18H16N8O/c27-18(15-5-3-14(4-6-15)9-25-12-19-10-23-25)22-8-16-2-1-7-21-17(16)26-13-20-11-24-26/h1-7,10-13H,8-9H2,(H,22,27). The Hall–Kier alpha value is -3.88. The van der Waals surface area contributed by atoms with Crippen LogP contribution in [0.25, 0.3) is 5.82 Å². The third-order valence-corrected chi connectivity index (χ3v) is 3.97. The van der Waals surface area contributed by atoms with Crippen LogP contribution < -0.4 is 5.32 Å². The van der Waals surface area contributed by atoms with E-state index in [1.165, 1.54) is 12.7 Å². The molecule has 0 unspecified atom stereocenters. The number of carbonyl (C=O) groups excluding carboxylic acids is 1. The highest BCUT2D eigenvalue weighted by molar-refractivity contribution is 5.94. The van der Waals surface area contributed by atoms with Crippen molar-refractivity contribution in [2.45, 2.75) is 13.1 Å². The summed E-state index contributed by atoms with van der Waals surface area (Å²) < 4.78 is 3.30. The smallest absolute Gasteiger partial charge is 0.251 e. The largest absolute Gasteiger partial charge is 0.348 e. The van der Waals surface area contributed by atoms with E-state index in [1.807, 2.05) is 24.3 Å². The second-order valence-corrected chi connectivity index (χ2v) is 5.80. The van der Waals surface area contributed by atoms with Gasteiger partial charge in [-0.2, -0.15) is 10.2 Å². The zero-order valence-electron chi connectivity index (χ0n) is 14.3. The number of hydrogen-bond acceptors (Lipinski definition) is 6. The number of nitrogens with one attached hydrogen (secondary N) is 1. The summed E-state index contributed by atoms with van der Waals surface area (Å²) in [4.78, 5) is 24.6. The Morgan fingerprint density at radius 1 is 1.00 bits per heavy atom. The van der Waals surface area contributed by atoms with Crippen molar-refractivity contribution < 1.29 is 4.79 Å². The van der Waals surface area contributed by atoms with E-state index in [4.69, 9.17) is 0 Å². The van der Waals surface area contributed by atoms with Crippen molar-refractivity contribution in [1.82, 2.24) is 39.8 Å². The molecule has 0 saturated heterocycles. The second kappa shape index (κ2) is 7.56. The topological polar surface area (TPSA) is 103 Å². The molecule has 27 heavy (non-hydrogen) atoms. The lowest BCUT2D eigenvalue weighted by molar-refractivity contribution is 0.0951. The molecule has 1 N–H and O–H groups in total. The normalized spacial score (nSPS) is 10.7. The van der Waals surface area contributed by atoms with Crippen molar-refractivity contribution in [2.75, 3.05) is 0 Å². The molecule has 0 aliphatic heterocycles. The molecule has 3 heterocycles. The van der Waals surface area contributed by atoms with Crippen LogP contribution in [0.1, 0.15) is 21.5 Å². The van der Waals surface area contributed by atoms with Gasteiger partial charge in [-0.25, -0.2) is 24.3 Å². The first-order valence-electron chi connectivity index (χ1n) is 8.28. The van der Waals surface area contributed by atoms with Gasteiger partial charge in [-0.15, -0.1) is 0 Å². The van der Waals surface area contributed by atoms with Gasteiger partial charge >= 0.3 is 0 Å². The SMILES string of the molecule is O=C(NCc1cccnc1-n1cncn1)c1ccc(Cn2cncn2)cc1. The van der Waals surface area contributed by atoms with Crippen molar-refractivity contribution >= 4 is 5.91 Å². The van der Waals surface area contributed by atoms with E-state index in [1.54, 1.807) is 40.3 Å². The first-order chi connectivity index (χ1) is 13.3. The van der Waals surface area contributed by atoms with Gasteiger partial charge in [0.15, 0.2) is 5.82 Å². The molecular formula is C18H16N8O. The Morgan fingerprint density at radius 3 is 2.56 bits per heavy atom. The lowest BCUT2D eigenvalue weighted by Crippen LogP contribution is -2.23. The molecule has 0 atom stereocenters. The van der Waals surface area contributed by atoms with Crippen LogP contribution in [0.5, 0.6) is 0 Å². The summed E-state index contributed by atoms with van der Waals surface area (Å²) in [5.74, 6) is 0.481. The van der Waals surface area contributed by atoms with Crippen LogP contribution in [-0.2, 0) is 13.1 Å². The number of hydrogen-bond donors (Lipinski definition) is 1. The number of carbonyl (C=O) groups is 1. The van der Waals surface area contributed by atoms with Crippen molar-refractivity contribution in [2.24, 2.45) is 0 Å². The Kier molecular flexibility index (Phi) is 4.64. The average Bonchev–Trinajstić information content (AvgIpc) is 3.41. The molecule has 0 fully saturated rings. The number of amides is 1. The van der Waals surface area contributed by atoms with Gasteiger partial charge in [0.1, 0.15) is 25.3 Å². The van der Waals surface area contributed by atoms with E-state index in [0.717, 1.165) is 11.1 Å². The average molecular weight is 360 g/mol. The molecule has 0 radical (unpaired) electrons. The first-order valence-corrected chi connectivity index (χ1v) is 8.28. The Morgan fingerprint density at radius 2 is 1.81 bits per heavy atom. The fourth-order valence-electron chi connectivity index (χ4n) is 2.63. The summed E-state index contributed by atoms with van der Waals surface area (Å²) in [6, 6.07) is 11.1. The van der Waals surface area contributed by atoms with Crippen LogP contribution in [0.15, 0.2) is 67.9 Å². The van der Waals surface area contributed by atoms with Gasteiger partial charge in [-0.1, -0.05) is 18.2 Å². The molecule has 0 aliphatic carbocycles. The number of benzene rings is 1. The maximum atomic E-state index is 12.5. The van der Waals surface area contributed by atoms with E-state index >= 15 is 0 Å². The third kappa shape index (κ3) is 3.87. The highest BCUT2D eigenvalue weighted by Crippen LogP contribution is 2.10. The van der Waals surface area contributed by atoms with Gasteiger partial charge in [0.25, 0.3) is 5.91 Å². The Bertz CT molecular complexity index is 1010. The predicted molar refractivity (Wildman–Crippen MR) is 95.9 cm³/mol. The van der Waals surface area contributed by atoms with E-state index < -0.39 is 0 Å². The fourth-order valence-corrected chi connectivity index (χ4v) is 2.63. The van der Waals surface area contributed by atoms with Gasteiger partial charge in [-0.3, -0.25) is 4.79 Å². The minimum Gasteiger partial charge on any atom is -0.348 e. The molecule has 1 amide bonds. The van der Waals surface area contributed by atoms with E-state index in [0.29, 0.717) is 24.5 Å². The van der Waals surface area contributed by atoms with Crippen LogP contribution in [0.3, 0.4) is 0 Å². The zero-order chi connectivity index (χ0) is 18.5. The number of pyridine rings is 1. The predicted octanol–water partition coefficient (Wildman–Crippen LogP) is 1.23. The third-order valence-electron chi connectivity index (χ3n) is 3.97. The summed E-state index contributed by atoms with van der Waals surface area (Å²) in [5.41, 5.74) is 2.47. The summed E-state index contributed by atoms with van der Waals surface area (Å²) in [6.07, 6.45) is 7.84. The summed E-state index contributed by atoms with van der Waals surface area (Å²) >= 11 is 0. The molecule has 0 saturated carbocycles. The van der Waals surface area contributed by atoms with Gasteiger partial charge in [0.2, 0.25) is 0 Å². The second-order valence-electron chi connectivity index (χ2n) is 5.80. The van der Waals surface area contributed by atoms with Gasteiger partial charge in [-0.05, 0) is 23.8 Å². The van der Waals surface area contributed by atoms with E-state index in [9.17, 15) is 4.79 Å². The molecular weight excluding hydrogens is 344 g/mol. The van der Waals surface area contributed by atoms with Gasteiger partial charge in [0.05, 0.1) is 6.54 Å². The number of nitrogens with zero attached hydrogens (tertiary/aromatic N) is 7. The lowest BCUT2D eigenvalue weighted by atomic mass is 10.1. The van der Waals surface area contributed by atoms with Crippen LogP contribution >= 0.6 is 0 Å². The van der Waals surface area contributed by atoms with Gasteiger partial charge in [0, 0.05) is 23.9 Å². The lowest BCUT2D eigenvalue weighted by Gasteiger charge is -2.10. The molecule has 0 bridgehead atoms. The molecule has 1 aromatic carbocycles. The first kappa shape index (κ1) is 16.6. The van der Waals surface area contributed by atoms with Gasteiger partial charge < -0.3 is 5.32 Å². The minimum atomic E-state index is -0.157. The van der Waals surface area contributed by atoms with Crippen LogP contribution in [-0.4, -0.2) is 40.4 Å². The zero-order valence-corrected chi connectivity index (χ0v) is 14.3. The minimum absolute atomic E-state index is 0.157. The molecule has 0 aliphatic rings. The Labute approximate surface area is 154 Å². The maximum absolute atomic E-state index is 12.5. The molecule has 134 valence electrons. The van der Waals surface area contributed by atoms with Crippen LogP contribution in [0, 0.1) is 0 Å². The fraction of sp³-hybridized carbons (Fsp3) is 0.111. The van der Waals surface area contributed by atoms with Crippen molar-refractivity contribution in [3.05, 3.63) is 84.6 Å². The van der Waals surface area contributed by atoms with E-state index in [-0.39, 0.29) is 5.91 Å². The van der Waals surface area contributed by atoms with Crippen molar-refractivity contribution in [3.63, 3.8) is 0 Å². The molecule has 0 spiro atoms. The Balaban J connectivity index is 1.41. The van der Waals surface area contributed by atoms with Crippen molar-refractivity contribution in [3.8, 4) is 5.82 Å².